The summed E-state index contributed by atoms with van der Waals surface area (Å²) in [5, 5.41) is 2.40. The zero-order chi connectivity index (χ0) is 22.8. The fourth-order valence-electron chi connectivity index (χ4n) is 3.86. The maximum Gasteiger partial charge on any atom is 0.336 e. The molecule has 2 saturated heterocycles. The van der Waals surface area contributed by atoms with Crippen LogP contribution in [-0.4, -0.2) is 38.0 Å². The highest BCUT2D eigenvalue weighted by atomic mass is 35.5. The van der Waals surface area contributed by atoms with Crippen LogP contribution in [0.3, 0.4) is 0 Å². The molecule has 4 rings (SSSR count). The van der Waals surface area contributed by atoms with Crippen molar-refractivity contribution in [3.05, 3.63) is 57.6 Å². The Kier molecular flexibility index (Phi) is 6.39. The molecule has 2 aliphatic heterocycles. The Balaban J connectivity index is 1.70. The molecule has 2 fully saturated rings. The van der Waals surface area contributed by atoms with Crippen molar-refractivity contribution in [2.24, 2.45) is 0 Å². The number of nitrogens with one attached hydrogen (secondary N) is 1. The van der Waals surface area contributed by atoms with E-state index in [1.54, 1.807) is 12.1 Å². The van der Waals surface area contributed by atoms with Gasteiger partial charge < -0.3 is 9.64 Å². The number of rotatable bonds is 4. The van der Waals surface area contributed by atoms with Crippen LogP contribution in [0.15, 0.2) is 42.0 Å². The molecule has 2 aromatic rings. The number of urea groups is 1. The van der Waals surface area contributed by atoms with E-state index in [4.69, 9.17) is 27.9 Å². The summed E-state index contributed by atoms with van der Waals surface area (Å²) in [5.74, 6) is -1.08. The van der Waals surface area contributed by atoms with Gasteiger partial charge >= 0.3 is 6.03 Å². The first-order chi connectivity index (χ1) is 15.4. The highest BCUT2D eigenvalue weighted by Gasteiger charge is 2.38. The molecule has 2 heterocycles. The predicted molar refractivity (Wildman–Crippen MR) is 125 cm³/mol. The minimum atomic E-state index is -0.895. The van der Waals surface area contributed by atoms with E-state index in [-0.39, 0.29) is 21.3 Å². The topological polar surface area (TPSA) is 79.0 Å². The summed E-state index contributed by atoms with van der Waals surface area (Å²) in [5.41, 5.74) is 1.43. The van der Waals surface area contributed by atoms with Crippen LogP contribution in [0.5, 0.6) is 5.75 Å². The third-order valence-electron chi connectivity index (χ3n) is 5.51. The van der Waals surface area contributed by atoms with E-state index in [0.717, 1.165) is 36.5 Å². The molecule has 1 N–H and O–H groups in total. The quantitative estimate of drug-likeness (QED) is 0.515. The van der Waals surface area contributed by atoms with Crippen molar-refractivity contribution in [2.45, 2.75) is 19.3 Å². The average molecular weight is 474 g/mol. The summed E-state index contributed by atoms with van der Waals surface area (Å²) >= 11 is 12.2. The van der Waals surface area contributed by atoms with Crippen molar-refractivity contribution in [2.75, 3.05) is 30.0 Å². The lowest BCUT2D eigenvalue weighted by molar-refractivity contribution is -0.122. The van der Waals surface area contributed by atoms with E-state index in [2.05, 4.69) is 10.2 Å². The van der Waals surface area contributed by atoms with E-state index >= 15 is 0 Å². The first kappa shape index (κ1) is 22.2. The molecule has 166 valence electrons. The summed E-state index contributed by atoms with van der Waals surface area (Å²) in [6.45, 7) is 1.95. The largest absolute Gasteiger partial charge is 0.496 e. The summed E-state index contributed by atoms with van der Waals surface area (Å²) in [6, 6.07) is 9.30. The van der Waals surface area contributed by atoms with Crippen LogP contribution in [0.4, 0.5) is 16.2 Å². The smallest absolute Gasteiger partial charge is 0.336 e. The van der Waals surface area contributed by atoms with Crippen molar-refractivity contribution in [1.29, 1.82) is 0 Å². The lowest BCUT2D eigenvalue weighted by Crippen LogP contribution is -2.54. The Labute approximate surface area is 195 Å². The maximum absolute atomic E-state index is 13.2. The SMILES string of the molecule is COc1cc(N2CCCCC2)ccc1/C=C1\C(=O)NC(=O)N(c2cccc(Cl)c2Cl)C1=O. The molecule has 0 aromatic heterocycles. The molecule has 0 spiro atoms. The number of amides is 4. The average Bonchev–Trinajstić information content (AvgIpc) is 2.80. The van der Waals surface area contributed by atoms with Crippen LogP contribution >= 0.6 is 23.2 Å². The molecule has 4 amide bonds. The molecule has 0 atom stereocenters. The van der Waals surface area contributed by atoms with Gasteiger partial charge in [-0.2, -0.15) is 0 Å². The van der Waals surface area contributed by atoms with E-state index in [9.17, 15) is 14.4 Å². The van der Waals surface area contributed by atoms with Gasteiger partial charge in [0.25, 0.3) is 11.8 Å². The van der Waals surface area contributed by atoms with E-state index < -0.39 is 17.8 Å². The summed E-state index contributed by atoms with van der Waals surface area (Å²) in [4.78, 5) is 41.2. The Morgan fingerprint density at radius 1 is 1.03 bits per heavy atom. The summed E-state index contributed by atoms with van der Waals surface area (Å²) in [7, 11) is 1.53. The maximum atomic E-state index is 13.2. The van der Waals surface area contributed by atoms with Crippen molar-refractivity contribution in [3.63, 3.8) is 0 Å². The normalized spacial score (nSPS) is 18.2. The lowest BCUT2D eigenvalue weighted by Gasteiger charge is -2.29. The molecule has 0 radical (unpaired) electrons. The Morgan fingerprint density at radius 2 is 1.78 bits per heavy atom. The first-order valence-electron chi connectivity index (χ1n) is 10.2. The zero-order valence-corrected chi connectivity index (χ0v) is 18.9. The van der Waals surface area contributed by atoms with Gasteiger partial charge in [0.05, 0.1) is 22.8 Å². The van der Waals surface area contributed by atoms with E-state index in [1.165, 1.54) is 31.7 Å². The number of halogens is 2. The minimum Gasteiger partial charge on any atom is -0.496 e. The third-order valence-corrected chi connectivity index (χ3v) is 6.32. The number of benzene rings is 2. The number of anilines is 2. The van der Waals surface area contributed by atoms with Gasteiger partial charge in [0.2, 0.25) is 0 Å². The molecule has 32 heavy (non-hydrogen) atoms. The standard InChI is InChI=1S/C23H21Cl2N3O4/c1-32-19-13-15(27-10-3-2-4-11-27)9-8-14(19)12-16-21(29)26-23(31)28(22(16)30)18-7-5-6-17(24)20(18)25/h5-9,12-13H,2-4,10-11H2,1H3,(H,26,29,31)/b16-12+. The second-order valence-corrected chi connectivity index (χ2v) is 8.29. The van der Waals surface area contributed by atoms with Crippen LogP contribution in [0.25, 0.3) is 6.08 Å². The summed E-state index contributed by atoms with van der Waals surface area (Å²) < 4.78 is 5.52. The van der Waals surface area contributed by atoms with Gasteiger partial charge in [-0.1, -0.05) is 29.3 Å². The number of hydrogen-bond donors (Lipinski definition) is 1. The minimum absolute atomic E-state index is 0.0369. The summed E-state index contributed by atoms with van der Waals surface area (Å²) in [6.07, 6.45) is 4.91. The van der Waals surface area contributed by atoms with Crippen molar-refractivity contribution < 1.29 is 19.1 Å². The number of hydrogen-bond acceptors (Lipinski definition) is 5. The number of barbiturate groups is 1. The molecule has 0 bridgehead atoms. The highest BCUT2D eigenvalue weighted by Crippen LogP contribution is 2.35. The number of nitrogens with zero attached hydrogens (tertiary/aromatic N) is 2. The number of ether oxygens (including phenoxy) is 1. The van der Waals surface area contributed by atoms with E-state index in [0.29, 0.717) is 11.3 Å². The van der Waals surface area contributed by atoms with Crippen molar-refractivity contribution in [3.8, 4) is 5.75 Å². The number of piperidine rings is 1. The third kappa shape index (κ3) is 4.18. The zero-order valence-electron chi connectivity index (χ0n) is 17.4. The van der Waals surface area contributed by atoms with Gasteiger partial charge in [-0.15, -0.1) is 0 Å². The Hall–Kier alpha value is -3.03. The number of carbonyl (C=O) groups is 3. The lowest BCUT2D eigenvalue weighted by atomic mass is 10.0. The van der Waals surface area contributed by atoms with Crippen LogP contribution in [0, 0.1) is 0 Å². The molecule has 0 saturated carbocycles. The number of imide groups is 2. The van der Waals surface area contributed by atoms with Gasteiger partial charge in [0.1, 0.15) is 11.3 Å². The fourth-order valence-corrected chi connectivity index (χ4v) is 4.24. The molecule has 7 nitrogen and oxygen atoms in total. The van der Waals surface area contributed by atoms with Crippen molar-refractivity contribution in [1.82, 2.24) is 5.32 Å². The second-order valence-electron chi connectivity index (χ2n) is 7.50. The molecular weight excluding hydrogens is 453 g/mol. The Bertz CT molecular complexity index is 1130. The van der Waals surface area contributed by atoms with Gasteiger partial charge in [0, 0.05) is 30.4 Å². The molecule has 2 aliphatic rings. The van der Waals surface area contributed by atoms with Crippen LogP contribution in [0.1, 0.15) is 24.8 Å². The molecule has 0 unspecified atom stereocenters. The predicted octanol–water partition coefficient (Wildman–Crippen LogP) is 4.66. The highest BCUT2D eigenvalue weighted by molar-refractivity contribution is 6.46. The molecule has 9 heteroatoms. The van der Waals surface area contributed by atoms with Gasteiger partial charge in [-0.05, 0) is 49.6 Å². The van der Waals surface area contributed by atoms with Crippen molar-refractivity contribution >= 4 is 58.5 Å². The van der Waals surface area contributed by atoms with Crippen LogP contribution in [-0.2, 0) is 9.59 Å². The molecule has 2 aromatic carbocycles. The van der Waals surface area contributed by atoms with Gasteiger partial charge in [-0.3, -0.25) is 14.9 Å². The number of carbonyl (C=O) groups excluding carboxylic acids is 3. The Morgan fingerprint density at radius 3 is 2.50 bits per heavy atom. The van der Waals surface area contributed by atoms with E-state index in [1.807, 2.05) is 12.1 Å². The monoisotopic (exact) mass is 473 g/mol. The second kappa shape index (κ2) is 9.22. The number of methoxy groups -OCH3 is 1. The van der Waals surface area contributed by atoms with Gasteiger partial charge in [0.15, 0.2) is 0 Å². The van der Waals surface area contributed by atoms with Crippen LogP contribution in [0.2, 0.25) is 10.0 Å². The van der Waals surface area contributed by atoms with Gasteiger partial charge in [-0.25, -0.2) is 9.69 Å². The molecule has 0 aliphatic carbocycles. The molecular formula is C23H21Cl2N3O4. The van der Waals surface area contributed by atoms with Crippen LogP contribution < -0.4 is 19.9 Å². The fraction of sp³-hybridized carbons (Fsp3) is 0.261. The first-order valence-corrected chi connectivity index (χ1v) is 10.9.